The Bertz CT molecular complexity index is 966. The third-order valence-corrected chi connectivity index (χ3v) is 5.23. The number of carbonyl (C=O) groups is 1. The topological polar surface area (TPSA) is 70.2 Å². The van der Waals surface area contributed by atoms with Gasteiger partial charge in [-0.1, -0.05) is 11.8 Å². The Kier molecular flexibility index (Phi) is 6.18. The van der Waals surface area contributed by atoms with Crippen molar-refractivity contribution in [1.82, 2.24) is 14.8 Å². The van der Waals surface area contributed by atoms with Crippen molar-refractivity contribution in [2.24, 2.45) is 0 Å². The number of ether oxygens (including phenoxy) is 1. The van der Waals surface area contributed by atoms with Gasteiger partial charge in [0.1, 0.15) is 11.6 Å². The summed E-state index contributed by atoms with van der Waals surface area (Å²) in [7, 11) is 0. The molecule has 0 aliphatic carbocycles. The molecule has 0 saturated heterocycles. The summed E-state index contributed by atoms with van der Waals surface area (Å²) < 4.78 is 26.3. The first-order chi connectivity index (χ1) is 13.4. The van der Waals surface area contributed by atoms with Gasteiger partial charge in [0, 0.05) is 23.5 Å². The Morgan fingerprint density at radius 3 is 2.64 bits per heavy atom. The van der Waals surface area contributed by atoms with Crippen molar-refractivity contribution in [3.63, 3.8) is 0 Å². The van der Waals surface area contributed by atoms with Gasteiger partial charge in [-0.3, -0.25) is 4.79 Å². The quantitative estimate of drug-likeness (QED) is 0.399. The average molecular weight is 403 g/mol. The molecule has 2 aromatic heterocycles. The van der Waals surface area contributed by atoms with Gasteiger partial charge in [0.15, 0.2) is 11.9 Å². The lowest BCUT2D eigenvalue weighted by Crippen LogP contribution is -2.05. The van der Waals surface area contributed by atoms with Crippen LogP contribution in [-0.2, 0) is 6.54 Å². The van der Waals surface area contributed by atoms with Gasteiger partial charge in [-0.15, -0.1) is 10.2 Å². The minimum atomic E-state index is -0.494. The molecule has 0 spiro atoms. The zero-order valence-electron chi connectivity index (χ0n) is 16.2. The Labute approximate surface area is 167 Å². The van der Waals surface area contributed by atoms with Gasteiger partial charge in [-0.2, -0.15) is 0 Å². The molecule has 0 saturated carbocycles. The van der Waals surface area contributed by atoms with E-state index in [1.54, 1.807) is 6.92 Å². The number of aryl methyl sites for hydroxylation is 1. The molecule has 1 atom stereocenters. The first-order valence-electron chi connectivity index (χ1n) is 8.97. The van der Waals surface area contributed by atoms with Gasteiger partial charge in [-0.05, 0) is 58.0 Å². The van der Waals surface area contributed by atoms with Crippen molar-refractivity contribution in [3.8, 4) is 5.75 Å². The third kappa shape index (κ3) is 4.44. The molecule has 0 aliphatic rings. The van der Waals surface area contributed by atoms with Crippen LogP contribution in [0, 0.1) is 19.7 Å². The molecule has 3 rings (SSSR count). The molecular weight excluding hydrogens is 381 g/mol. The van der Waals surface area contributed by atoms with E-state index in [4.69, 9.17) is 9.15 Å². The maximum Gasteiger partial charge on any atom is 0.277 e. The lowest BCUT2D eigenvalue weighted by Gasteiger charge is -2.10. The highest BCUT2D eigenvalue weighted by molar-refractivity contribution is 7.99. The normalized spacial score (nSPS) is 12.2. The molecule has 0 fully saturated rings. The van der Waals surface area contributed by atoms with E-state index in [-0.39, 0.29) is 17.4 Å². The van der Waals surface area contributed by atoms with E-state index in [0.29, 0.717) is 16.9 Å². The number of thioether (sulfide) groups is 1. The SMILES string of the molecule is CCn1c(C)cc(C(=O)CSc2nnc(C(C)Oc3ccc(F)cc3)o2)c1C. The number of nitrogens with zero attached hydrogens (tertiary/aromatic N) is 3. The summed E-state index contributed by atoms with van der Waals surface area (Å²) in [5, 5.41) is 8.25. The largest absolute Gasteiger partial charge is 0.481 e. The number of Topliss-reactive ketones (excluding diaryl/α,β-unsaturated/α-hetero) is 1. The molecule has 3 aromatic rings. The molecule has 0 amide bonds. The van der Waals surface area contributed by atoms with Gasteiger partial charge < -0.3 is 13.7 Å². The summed E-state index contributed by atoms with van der Waals surface area (Å²) in [4.78, 5) is 12.6. The minimum Gasteiger partial charge on any atom is -0.481 e. The van der Waals surface area contributed by atoms with Crippen LogP contribution in [0.4, 0.5) is 4.39 Å². The smallest absolute Gasteiger partial charge is 0.277 e. The number of benzene rings is 1. The van der Waals surface area contributed by atoms with Crippen LogP contribution in [0.3, 0.4) is 0 Å². The second-order valence-electron chi connectivity index (χ2n) is 6.36. The Morgan fingerprint density at radius 2 is 2.00 bits per heavy atom. The molecule has 2 heterocycles. The summed E-state index contributed by atoms with van der Waals surface area (Å²) in [5.74, 6) is 0.697. The lowest BCUT2D eigenvalue weighted by molar-refractivity contribution is 0.102. The van der Waals surface area contributed by atoms with E-state index in [1.807, 2.05) is 19.9 Å². The van der Waals surface area contributed by atoms with Crippen LogP contribution in [-0.4, -0.2) is 26.3 Å². The van der Waals surface area contributed by atoms with Crippen LogP contribution >= 0.6 is 11.8 Å². The van der Waals surface area contributed by atoms with E-state index in [9.17, 15) is 9.18 Å². The fourth-order valence-corrected chi connectivity index (χ4v) is 3.64. The van der Waals surface area contributed by atoms with E-state index in [2.05, 4.69) is 21.7 Å². The van der Waals surface area contributed by atoms with Crippen molar-refractivity contribution >= 4 is 17.5 Å². The first kappa shape index (κ1) is 20.1. The average Bonchev–Trinajstić information content (AvgIpc) is 3.26. The first-order valence-corrected chi connectivity index (χ1v) is 9.96. The van der Waals surface area contributed by atoms with E-state index < -0.39 is 6.10 Å². The number of aromatic nitrogens is 3. The second kappa shape index (κ2) is 8.60. The van der Waals surface area contributed by atoms with Crippen LogP contribution in [0.15, 0.2) is 40.0 Å². The van der Waals surface area contributed by atoms with Crippen molar-refractivity contribution in [2.45, 2.75) is 45.6 Å². The van der Waals surface area contributed by atoms with Crippen LogP contribution in [0.1, 0.15) is 47.6 Å². The van der Waals surface area contributed by atoms with E-state index in [0.717, 1.165) is 23.5 Å². The van der Waals surface area contributed by atoms with Gasteiger partial charge in [-0.25, -0.2) is 4.39 Å². The molecule has 0 bridgehead atoms. The molecule has 0 aliphatic heterocycles. The van der Waals surface area contributed by atoms with Crippen molar-refractivity contribution in [2.75, 3.05) is 5.75 Å². The monoisotopic (exact) mass is 403 g/mol. The Hall–Kier alpha value is -2.61. The summed E-state index contributed by atoms with van der Waals surface area (Å²) in [6.07, 6.45) is -0.494. The zero-order valence-corrected chi connectivity index (χ0v) is 17.0. The van der Waals surface area contributed by atoms with Gasteiger partial charge >= 0.3 is 0 Å². The number of rotatable bonds is 8. The van der Waals surface area contributed by atoms with E-state index in [1.165, 1.54) is 36.0 Å². The van der Waals surface area contributed by atoms with Crippen LogP contribution in [0.5, 0.6) is 5.75 Å². The predicted molar refractivity (Wildman–Crippen MR) is 104 cm³/mol. The van der Waals surface area contributed by atoms with Crippen molar-refractivity contribution in [3.05, 3.63) is 59.0 Å². The Morgan fingerprint density at radius 1 is 1.29 bits per heavy atom. The van der Waals surface area contributed by atoms with Crippen LogP contribution in [0.25, 0.3) is 0 Å². The molecule has 148 valence electrons. The third-order valence-electron chi connectivity index (χ3n) is 4.41. The zero-order chi connectivity index (χ0) is 20.3. The summed E-state index contributed by atoms with van der Waals surface area (Å²) in [5.41, 5.74) is 2.76. The fourth-order valence-electron chi connectivity index (χ4n) is 2.99. The molecule has 8 heteroatoms. The Balaban J connectivity index is 1.60. The fraction of sp³-hybridized carbons (Fsp3) is 0.350. The standard InChI is InChI=1S/C20H22FN3O3S/c1-5-24-12(2)10-17(13(24)3)18(25)11-28-20-23-22-19(27-20)14(4)26-16-8-6-15(21)7-9-16/h6-10,14H,5,11H2,1-4H3. The second-order valence-corrected chi connectivity index (χ2v) is 7.29. The summed E-state index contributed by atoms with van der Waals surface area (Å²) >= 11 is 1.20. The molecule has 0 radical (unpaired) electrons. The predicted octanol–water partition coefficient (Wildman–Crippen LogP) is 4.76. The van der Waals surface area contributed by atoms with E-state index >= 15 is 0 Å². The molecule has 28 heavy (non-hydrogen) atoms. The highest BCUT2D eigenvalue weighted by atomic mass is 32.2. The molecule has 6 nitrogen and oxygen atoms in total. The van der Waals surface area contributed by atoms with Crippen molar-refractivity contribution < 1.29 is 18.3 Å². The number of ketones is 1. The van der Waals surface area contributed by atoms with Crippen molar-refractivity contribution in [1.29, 1.82) is 0 Å². The van der Waals surface area contributed by atoms with Crippen LogP contribution < -0.4 is 4.74 Å². The number of halogens is 1. The highest BCUT2D eigenvalue weighted by Gasteiger charge is 2.19. The number of carbonyl (C=O) groups excluding carboxylic acids is 1. The summed E-state index contributed by atoms with van der Waals surface area (Å²) in [6.45, 7) is 8.59. The highest BCUT2D eigenvalue weighted by Crippen LogP contribution is 2.25. The lowest BCUT2D eigenvalue weighted by atomic mass is 10.2. The minimum absolute atomic E-state index is 0.0214. The molecule has 0 N–H and O–H groups in total. The molecular formula is C20H22FN3O3S. The van der Waals surface area contributed by atoms with Gasteiger partial charge in [0.2, 0.25) is 0 Å². The summed E-state index contributed by atoms with van der Waals surface area (Å²) in [6, 6.07) is 7.61. The molecule has 1 unspecified atom stereocenters. The number of hydrogen-bond donors (Lipinski definition) is 0. The van der Waals surface area contributed by atoms with Gasteiger partial charge in [0.05, 0.1) is 5.75 Å². The molecule has 1 aromatic carbocycles. The van der Waals surface area contributed by atoms with Gasteiger partial charge in [0.25, 0.3) is 11.1 Å². The maximum atomic E-state index is 13.0. The maximum absolute atomic E-state index is 13.0. The van der Waals surface area contributed by atoms with Crippen LogP contribution in [0.2, 0.25) is 0 Å². The number of hydrogen-bond acceptors (Lipinski definition) is 6.